The smallest absolute Gasteiger partial charge is 0.311 e. The second-order valence-electron chi connectivity index (χ2n) is 2.90. The minimum absolute atomic E-state index is 0.102. The Morgan fingerprint density at radius 1 is 1.56 bits per heavy atom. The van der Waals surface area contributed by atoms with Gasteiger partial charge >= 0.3 is 5.97 Å². The molecule has 1 rings (SSSR count). The lowest BCUT2D eigenvalue weighted by atomic mass is 10.3. The van der Waals surface area contributed by atoms with Crippen LogP contribution < -0.4 is 5.32 Å². The zero-order valence-corrected chi connectivity index (χ0v) is 11.3. The van der Waals surface area contributed by atoms with Crippen molar-refractivity contribution in [1.82, 2.24) is 4.98 Å². The maximum atomic E-state index is 11.2. The van der Waals surface area contributed by atoms with E-state index in [4.69, 9.17) is 4.74 Å². The maximum absolute atomic E-state index is 11.2. The molecule has 1 aromatic rings. The van der Waals surface area contributed by atoms with Crippen molar-refractivity contribution in [1.29, 1.82) is 0 Å². The summed E-state index contributed by atoms with van der Waals surface area (Å²) in [4.78, 5) is 26.1. The molecule has 7 heteroatoms. The number of ether oxygens (including phenoxy) is 1. The van der Waals surface area contributed by atoms with E-state index in [-0.39, 0.29) is 18.3 Å². The van der Waals surface area contributed by atoms with Crippen LogP contribution in [0.4, 0.5) is 5.13 Å². The number of nitrogens with one attached hydrogen (secondary N) is 1. The van der Waals surface area contributed by atoms with Gasteiger partial charge in [-0.25, -0.2) is 4.98 Å². The minimum Gasteiger partial charge on any atom is -0.466 e. The number of hydrogen-bond acceptors (Lipinski definition) is 5. The van der Waals surface area contributed by atoms with Gasteiger partial charge in [-0.3, -0.25) is 9.59 Å². The van der Waals surface area contributed by atoms with Crippen LogP contribution >= 0.6 is 27.3 Å². The first-order valence-corrected chi connectivity index (χ1v) is 6.22. The Hall–Kier alpha value is -0.950. The number of rotatable bonds is 4. The molecule has 0 bridgehead atoms. The highest BCUT2D eigenvalue weighted by Crippen LogP contribution is 2.28. The Bertz CT molecular complexity index is 405. The summed E-state index contributed by atoms with van der Waals surface area (Å²) >= 11 is 4.55. The van der Waals surface area contributed by atoms with Crippen LogP contribution in [0.3, 0.4) is 0 Å². The molecule has 1 aromatic heterocycles. The topological polar surface area (TPSA) is 68.3 Å². The molecule has 0 aliphatic rings. The Labute approximate surface area is 105 Å². The predicted octanol–water partition coefficient (Wildman–Crippen LogP) is 1.97. The van der Waals surface area contributed by atoms with Crippen molar-refractivity contribution >= 4 is 44.3 Å². The third-order valence-corrected chi connectivity index (χ3v) is 3.29. The summed E-state index contributed by atoms with van der Waals surface area (Å²) in [6.45, 7) is 3.50. The normalized spacial score (nSPS) is 9.94. The molecule has 0 radical (unpaired) electrons. The molecule has 0 unspecified atom stereocenters. The van der Waals surface area contributed by atoms with E-state index in [2.05, 4.69) is 26.2 Å². The molecule has 16 heavy (non-hydrogen) atoms. The molecule has 1 amide bonds. The molecular weight excluding hydrogens is 296 g/mol. The van der Waals surface area contributed by atoms with Crippen LogP contribution in [0.25, 0.3) is 0 Å². The third kappa shape index (κ3) is 3.90. The molecular formula is C9H11BrN2O3S. The van der Waals surface area contributed by atoms with Crippen LogP contribution in [-0.2, 0) is 20.7 Å². The number of anilines is 1. The van der Waals surface area contributed by atoms with Crippen LogP contribution in [0.1, 0.15) is 19.5 Å². The third-order valence-electron chi connectivity index (χ3n) is 1.55. The summed E-state index contributed by atoms with van der Waals surface area (Å²) in [7, 11) is 0. The Morgan fingerprint density at radius 2 is 2.25 bits per heavy atom. The Kier molecular flexibility index (Phi) is 4.88. The second-order valence-corrected chi connectivity index (χ2v) is 5.22. The molecule has 0 aliphatic heterocycles. The number of halogens is 1. The molecule has 0 spiro atoms. The first kappa shape index (κ1) is 13.1. The van der Waals surface area contributed by atoms with E-state index in [1.54, 1.807) is 6.92 Å². The highest BCUT2D eigenvalue weighted by Gasteiger charge is 2.14. The average molecular weight is 307 g/mol. The number of nitrogens with zero attached hydrogens (tertiary/aromatic N) is 1. The van der Waals surface area contributed by atoms with E-state index in [0.29, 0.717) is 17.4 Å². The van der Waals surface area contributed by atoms with E-state index in [9.17, 15) is 9.59 Å². The fraction of sp³-hybridized carbons (Fsp3) is 0.444. The van der Waals surface area contributed by atoms with E-state index >= 15 is 0 Å². The predicted molar refractivity (Wildman–Crippen MR) is 64.5 cm³/mol. The molecule has 88 valence electrons. The fourth-order valence-corrected chi connectivity index (χ4v) is 2.44. The van der Waals surface area contributed by atoms with Gasteiger partial charge in [0.25, 0.3) is 0 Å². The van der Waals surface area contributed by atoms with Gasteiger partial charge in [-0.2, -0.15) is 0 Å². The summed E-state index contributed by atoms with van der Waals surface area (Å²) < 4.78 is 5.53. The van der Waals surface area contributed by atoms with Crippen molar-refractivity contribution in [3.63, 3.8) is 0 Å². The number of esters is 1. The zero-order chi connectivity index (χ0) is 12.1. The molecule has 1 heterocycles. The molecule has 5 nitrogen and oxygen atoms in total. The zero-order valence-electron chi connectivity index (χ0n) is 8.87. The number of amides is 1. The van der Waals surface area contributed by atoms with Gasteiger partial charge in [-0.15, -0.1) is 0 Å². The van der Waals surface area contributed by atoms with Crippen molar-refractivity contribution in [3.8, 4) is 0 Å². The first-order valence-electron chi connectivity index (χ1n) is 4.61. The lowest BCUT2D eigenvalue weighted by molar-refractivity contribution is -0.142. The number of thiazole rings is 1. The molecule has 0 aliphatic carbocycles. The molecule has 0 fully saturated rings. The SMILES string of the molecule is CCOC(=O)Cc1nc(NC(C)=O)sc1Br. The summed E-state index contributed by atoms with van der Waals surface area (Å²) in [5.74, 6) is -0.521. The van der Waals surface area contributed by atoms with Gasteiger partial charge in [-0.05, 0) is 22.9 Å². The second kappa shape index (κ2) is 5.95. The van der Waals surface area contributed by atoms with Gasteiger partial charge in [0, 0.05) is 6.92 Å². The van der Waals surface area contributed by atoms with Crippen LogP contribution in [0, 0.1) is 0 Å². The van der Waals surface area contributed by atoms with E-state index < -0.39 is 0 Å². The van der Waals surface area contributed by atoms with Crippen molar-refractivity contribution in [2.24, 2.45) is 0 Å². The number of carbonyl (C=O) groups excluding carboxylic acids is 2. The summed E-state index contributed by atoms with van der Waals surface area (Å²) in [6.07, 6.45) is 0.102. The van der Waals surface area contributed by atoms with E-state index in [0.717, 1.165) is 3.79 Å². The van der Waals surface area contributed by atoms with Crippen LogP contribution in [0.5, 0.6) is 0 Å². The van der Waals surface area contributed by atoms with Crippen molar-refractivity contribution in [3.05, 3.63) is 9.48 Å². The number of carbonyl (C=O) groups is 2. The van der Waals surface area contributed by atoms with Crippen LogP contribution in [0.15, 0.2) is 3.79 Å². The van der Waals surface area contributed by atoms with Crippen molar-refractivity contribution in [2.75, 3.05) is 11.9 Å². The molecule has 1 N–H and O–H groups in total. The maximum Gasteiger partial charge on any atom is 0.311 e. The quantitative estimate of drug-likeness (QED) is 0.864. The Morgan fingerprint density at radius 3 is 2.81 bits per heavy atom. The van der Waals surface area contributed by atoms with Gasteiger partial charge in [0.15, 0.2) is 5.13 Å². The standard InChI is InChI=1S/C9H11BrN2O3S/c1-3-15-7(14)4-6-8(10)16-9(12-6)11-5(2)13/h3-4H2,1-2H3,(H,11,12,13). The summed E-state index contributed by atoms with van der Waals surface area (Å²) in [6, 6.07) is 0. The number of hydrogen-bond donors (Lipinski definition) is 1. The van der Waals surface area contributed by atoms with Gasteiger partial charge in [0.1, 0.15) is 0 Å². The monoisotopic (exact) mass is 306 g/mol. The summed E-state index contributed by atoms with van der Waals surface area (Å²) in [5.41, 5.74) is 0.576. The Balaban J connectivity index is 2.70. The largest absolute Gasteiger partial charge is 0.466 e. The highest BCUT2D eigenvalue weighted by atomic mass is 79.9. The van der Waals surface area contributed by atoms with E-state index in [1.807, 2.05) is 0 Å². The van der Waals surface area contributed by atoms with Crippen molar-refractivity contribution < 1.29 is 14.3 Å². The first-order chi connectivity index (χ1) is 7.52. The molecule has 0 saturated carbocycles. The fourth-order valence-electron chi connectivity index (χ4n) is 0.995. The van der Waals surface area contributed by atoms with Crippen molar-refractivity contribution in [2.45, 2.75) is 20.3 Å². The lowest BCUT2D eigenvalue weighted by Crippen LogP contribution is -2.09. The lowest BCUT2D eigenvalue weighted by Gasteiger charge is -1.98. The minimum atomic E-state index is -0.331. The highest BCUT2D eigenvalue weighted by molar-refractivity contribution is 9.11. The summed E-state index contributed by atoms with van der Waals surface area (Å²) in [5, 5.41) is 3.03. The van der Waals surface area contributed by atoms with Gasteiger partial charge < -0.3 is 10.1 Å². The van der Waals surface area contributed by atoms with Gasteiger partial charge in [0.2, 0.25) is 5.91 Å². The van der Waals surface area contributed by atoms with Gasteiger partial charge in [0.05, 0.1) is 22.5 Å². The molecule has 0 atom stereocenters. The van der Waals surface area contributed by atoms with Crippen LogP contribution in [-0.4, -0.2) is 23.5 Å². The van der Waals surface area contributed by atoms with E-state index in [1.165, 1.54) is 18.3 Å². The average Bonchev–Trinajstić information content (AvgIpc) is 2.45. The molecule has 0 saturated heterocycles. The number of aromatic nitrogens is 1. The molecule has 0 aromatic carbocycles. The van der Waals surface area contributed by atoms with Crippen LogP contribution in [0.2, 0.25) is 0 Å². The van der Waals surface area contributed by atoms with Gasteiger partial charge in [-0.1, -0.05) is 11.3 Å².